The number of carbonyl (C=O) groups is 2. The van der Waals surface area contributed by atoms with E-state index in [4.69, 9.17) is 4.84 Å². The minimum absolute atomic E-state index is 0.0157. The molecule has 28 heavy (non-hydrogen) atoms. The number of rotatable bonds is 3. The van der Waals surface area contributed by atoms with Gasteiger partial charge in [-0.15, -0.1) is 0 Å². The minimum Gasteiger partial charge on any atom is -0.348 e. The van der Waals surface area contributed by atoms with Crippen molar-refractivity contribution < 1.29 is 23.2 Å². The van der Waals surface area contributed by atoms with E-state index in [1.165, 1.54) is 25.1 Å². The third-order valence-electron chi connectivity index (χ3n) is 4.90. The molecule has 3 heterocycles. The molecular formula is C18H17F2N5O3. The summed E-state index contributed by atoms with van der Waals surface area (Å²) in [7, 11) is 2.82. The summed E-state index contributed by atoms with van der Waals surface area (Å²) >= 11 is 0. The van der Waals surface area contributed by atoms with Crippen molar-refractivity contribution in [1.29, 1.82) is 0 Å². The number of nitrogens with zero attached hydrogens (tertiary/aromatic N) is 3. The van der Waals surface area contributed by atoms with E-state index in [0.29, 0.717) is 18.5 Å². The molecule has 0 bridgehead atoms. The number of carbonyl (C=O) groups excluding carboxylic acids is 2. The second-order valence-corrected chi connectivity index (χ2v) is 6.49. The third-order valence-corrected chi connectivity index (χ3v) is 4.90. The van der Waals surface area contributed by atoms with Gasteiger partial charge >= 0.3 is 0 Å². The number of halogens is 2. The van der Waals surface area contributed by atoms with E-state index in [0.717, 1.165) is 22.9 Å². The predicted molar refractivity (Wildman–Crippen MR) is 94.3 cm³/mol. The van der Waals surface area contributed by atoms with Crippen molar-refractivity contribution >= 4 is 22.7 Å². The highest BCUT2D eigenvalue weighted by molar-refractivity contribution is 5.99. The Balaban J connectivity index is 1.63. The van der Waals surface area contributed by atoms with Crippen LogP contribution in [0.2, 0.25) is 0 Å². The molecule has 2 aromatic heterocycles. The zero-order valence-corrected chi connectivity index (χ0v) is 15.2. The minimum atomic E-state index is -0.637. The van der Waals surface area contributed by atoms with Crippen LogP contribution in [-0.4, -0.2) is 57.7 Å². The Bertz CT molecular complexity index is 1050. The van der Waals surface area contributed by atoms with Gasteiger partial charge in [0.1, 0.15) is 17.3 Å². The number of nitrogens with one attached hydrogen (secondary N) is 2. The second-order valence-electron chi connectivity index (χ2n) is 6.49. The number of H-pyrrole nitrogens is 2. The molecule has 0 spiro atoms. The maximum Gasteiger partial charge on any atom is 0.297 e. The smallest absolute Gasteiger partial charge is 0.297 e. The maximum absolute atomic E-state index is 13.9. The molecule has 146 valence electrons. The fourth-order valence-electron chi connectivity index (χ4n) is 3.31. The first-order chi connectivity index (χ1) is 13.4. The van der Waals surface area contributed by atoms with Crippen LogP contribution in [0.3, 0.4) is 0 Å². The van der Waals surface area contributed by atoms with E-state index in [1.807, 2.05) is 0 Å². The number of benzene rings is 1. The van der Waals surface area contributed by atoms with Crippen LogP contribution in [0.1, 0.15) is 32.2 Å². The van der Waals surface area contributed by atoms with Gasteiger partial charge in [0.05, 0.1) is 19.2 Å². The zero-order chi connectivity index (χ0) is 20.0. The van der Waals surface area contributed by atoms with Crippen molar-refractivity contribution in [1.82, 2.24) is 25.1 Å². The largest absolute Gasteiger partial charge is 0.348 e. The van der Waals surface area contributed by atoms with Crippen LogP contribution in [0.5, 0.6) is 0 Å². The number of aromatic amines is 2. The number of aromatic nitrogens is 3. The van der Waals surface area contributed by atoms with Crippen LogP contribution in [0.4, 0.5) is 8.78 Å². The summed E-state index contributed by atoms with van der Waals surface area (Å²) in [5.74, 6) is -2.11. The van der Waals surface area contributed by atoms with E-state index in [2.05, 4.69) is 15.2 Å². The molecular weight excluding hydrogens is 372 g/mol. The Labute approximate surface area is 158 Å². The molecule has 0 fully saturated rings. The summed E-state index contributed by atoms with van der Waals surface area (Å²) in [5, 5.41) is 7.93. The van der Waals surface area contributed by atoms with Crippen LogP contribution in [0, 0.1) is 11.6 Å². The standard InChI is InChI=1S/C18H17F2N5O3/c1-24(28-2)18(27)16-10-8-25(6-5-13(10)22-23-16)17(26)14-7-9-11(19)3-4-12(20)15(9)21-14/h3-4,7,21H,5-6,8H2,1-2H3,(H,22,23). The Kier molecular flexibility index (Phi) is 4.34. The van der Waals surface area contributed by atoms with Gasteiger partial charge in [0.25, 0.3) is 11.8 Å². The second kappa shape index (κ2) is 6.71. The van der Waals surface area contributed by atoms with Gasteiger partial charge in [0.15, 0.2) is 5.69 Å². The monoisotopic (exact) mass is 389 g/mol. The molecule has 2 N–H and O–H groups in total. The van der Waals surface area contributed by atoms with Crippen LogP contribution in [0.25, 0.3) is 10.9 Å². The summed E-state index contributed by atoms with van der Waals surface area (Å²) in [6.07, 6.45) is 0.473. The van der Waals surface area contributed by atoms with Crippen LogP contribution in [0.15, 0.2) is 18.2 Å². The average Bonchev–Trinajstić information content (AvgIpc) is 3.34. The average molecular weight is 389 g/mol. The van der Waals surface area contributed by atoms with E-state index in [-0.39, 0.29) is 28.8 Å². The highest BCUT2D eigenvalue weighted by Gasteiger charge is 2.30. The van der Waals surface area contributed by atoms with Gasteiger partial charge in [0, 0.05) is 36.7 Å². The van der Waals surface area contributed by atoms with Crippen LogP contribution < -0.4 is 0 Å². The van der Waals surface area contributed by atoms with Gasteiger partial charge in [-0.2, -0.15) is 5.10 Å². The molecule has 1 aromatic carbocycles. The molecule has 2 amide bonds. The van der Waals surface area contributed by atoms with Gasteiger partial charge < -0.3 is 9.88 Å². The number of hydroxylamine groups is 2. The molecule has 8 nitrogen and oxygen atoms in total. The fraction of sp³-hybridized carbons (Fsp3) is 0.278. The van der Waals surface area contributed by atoms with E-state index in [9.17, 15) is 18.4 Å². The summed E-state index contributed by atoms with van der Waals surface area (Å²) in [4.78, 5) is 34.3. The first-order valence-corrected chi connectivity index (χ1v) is 8.55. The van der Waals surface area contributed by atoms with E-state index >= 15 is 0 Å². The summed E-state index contributed by atoms with van der Waals surface area (Å²) in [5.41, 5.74) is 1.56. The Morgan fingerprint density at radius 3 is 2.75 bits per heavy atom. The Morgan fingerprint density at radius 1 is 1.29 bits per heavy atom. The van der Waals surface area contributed by atoms with Gasteiger partial charge in [-0.3, -0.25) is 19.5 Å². The lowest BCUT2D eigenvalue weighted by atomic mass is 10.0. The summed E-state index contributed by atoms with van der Waals surface area (Å²) < 4.78 is 27.8. The zero-order valence-electron chi connectivity index (χ0n) is 15.2. The number of hydrogen-bond donors (Lipinski definition) is 2. The third kappa shape index (κ3) is 2.82. The van der Waals surface area contributed by atoms with Gasteiger partial charge in [0.2, 0.25) is 0 Å². The Morgan fingerprint density at radius 2 is 2.04 bits per heavy atom. The fourth-order valence-corrected chi connectivity index (χ4v) is 3.31. The molecule has 0 saturated carbocycles. The SMILES string of the molecule is CON(C)C(=O)c1n[nH]c2c1CN(C(=O)c1cc3c(F)ccc(F)c3[nH]1)CC2. The number of fused-ring (bicyclic) bond motifs is 2. The van der Waals surface area contributed by atoms with Crippen LogP contribution >= 0.6 is 0 Å². The van der Waals surface area contributed by atoms with Gasteiger partial charge in [-0.25, -0.2) is 13.8 Å². The molecule has 1 aliphatic rings. The van der Waals surface area contributed by atoms with E-state index < -0.39 is 23.4 Å². The summed E-state index contributed by atoms with van der Waals surface area (Å²) in [6.45, 7) is 0.520. The predicted octanol–water partition coefficient (Wildman–Crippen LogP) is 2.00. The number of hydrogen-bond acceptors (Lipinski definition) is 4. The van der Waals surface area contributed by atoms with E-state index in [1.54, 1.807) is 0 Å². The lowest BCUT2D eigenvalue weighted by Gasteiger charge is -2.27. The molecule has 4 rings (SSSR count). The number of amides is 2. The van der Waals surface area contributed by atoms with Crippen molar-refractivity contribution in [3.8, 4) is 0 Å². The van der Waals surface area contributed by atoms with Crippen molar-refractivity contribution in [2.24, 2.45) is 0 Å². The summed E-state index contributed by atoms with van der Waals surface area (Å²) in [6, 6.07) is 3.32. The van der Waals surface area contributed by atoms with Crippen molar-refractivity contribution in [3.63, 3.8) is 0 Å². The first kappa shape index (κ1) is 18.1. The van der Waals surface area contributed by atoms with Gasteiger partial charge in [-0.1, -0.05) is 0 Å². The van der Waals surface area contributed by atoms with Crippen molar-refractivity contribution in [3.05, 3.63) is 52.5 Å². The highest BCUT2D eigenvalue weighted by Crippen LogP contribution is 2.26. The van der Waals surface area contributed by atoms with Crippen LogP contribution in [-0.2, 0) is 17.8 Å². The molecule has 3 aromatic rings. The molecule has 0 unspecified atom stereocenters. The Hall–Kier alpha value is -3.27. The molecule has 0 saturated heterocycles. The molecule has 0 radical (unpaired) electrons. The maximum atomic E-state index is 13.9. The normalized spacial score (nSPS) is 13.6. The molecule has 1 aliphatic heterocycles. The van der Waals surface area contributed by atoms with Crippen molar-refractivity contribution in [2.45, 2.75) is 13.0 Å². The lowest BCUT2D eigenvalue weighted by molar-refractivity contribution is -0.0761. The molecule has 10 heteroatoms. The molecule has 0 aliphatic carbocycles. The van der Waals surface area contributed by atoms with Gasteiger partial charge in [-0.05, 0) is 18.2 Å². The highest BCUT2D eigenvalue weighted by atomic mass is 19.1. The van der Waals surface area contributed by atoms with Crippen molar-refractivity contribution in [2.75, 3.05) is 20.7 Å². The lowest BCUT2D eigenvalue weighted by Crippen LogP contribution is -2.37. The quantitative estimate of drug-likeness (QED) is 0.670. The first-order valence-electron chi connectivity index (χ1n) is 8.55. The molecule has 0 atom stereocenters. The topological polar surface area (TPSA) is 94.3 Å².